The standard InChI is InChI=1S/C14H10Cl3N3OS/c15-10-5-2-1-4-9(10)8-18-19-14(21)20-22-12-7-3-6-11(16)13(12)17/h1-8H,(H2,19,20,21)/b18-8+. The van der Waals surface area contributed by atoms with Gasteiger partial charge >= 0.3 is 6.03 Å². The molecule has 2 rings (SSSR count). The summed E-state index contributed by atoms with van der Waals surface area (Å²) in [7, 11) is 0. The van der Waals surface area contributed by atoms with Crippen LogP contribution in [0.3, 0.4) is 0 Å². The first-order valence-corrected chi connectivity index (χ1v) is 7.97. The predicted octanol–water partition coefficient (Wildman–Crippen LogP) is 4.99. The first-order valence-electron chi connectivity index (χ1n) is 6.02. The Bertz CT molecular complexity index is 709. The van der Waals surface area contributed by atoms with Crippen LogP contribution in [0, 0.1) is 0 Å². The van der Waals surface area contributed by atoms with E-state index in [0.29, 0.717) is 25.5 Å². The van der Waals surface area contributed by atoms with Gasteiger partial charge in [-0.2, -0.15) is 5.10 Å². The molecule has 0 aliphatic heterocycles. The predicted molar refractivity (Wildman–Crippen MR) is 93.0 cm³/mol. The molecular weight excluding hydrogens is 365 g/mol. The third kappa shape index (κ3) is 4.81. The second kappa shape index (κ2) is 8.29. The monoisotopic (exact) mass is 373 g/mol. The van der Waals surface area contributed by atoms with Gasteiger partial charge in [-0.3, -0.25) is 4.72 Å². The third-order valence-electron chi connectivity index (χ3n) is 2.44. The molecule has 0 saturated heterocycles. The number of hydrogen-bond acceptors (Lipinski definition) is 3. The fourth-order valence-electron chi connectivity index (χ4n) is 1.43. The smallest absolute Gasteiger partial charge is 0.276 e. The number of halogens is 3. The number of amides is 2. The highest BCUT2D eigenvalue weighted by Gasteiger charge is 2.06. The molecule has 0 spiro atoms. The molecule has 0 radical (unpaired) electrons. The lowest BCUT2D eigenvalue weighted by atomic mass is 10.2. The zero-order chi connectivity index (χ0) is 15.9. The Hall–Kier alpha value is -1.40. The molecule has 0 unspecified atom stereocenters. The highest BCUT2D eigenvalue weighted by Crippen LogP contribution is 2.31. The second-order valence-corrected chi connectivity index (χ2v) is 6.02. The normalized spacial score (nSPS) is 10.7. The van der Waals surface area contributed by atoms with E-state index in [9.17, 15) is 4.79 Å². The number of urea groups is 1. The molecule has 2 aromatic rings. The minimum atomic E-state index is -0.496. The SMILES string of the molecule is O=C(N/N=C/c1ccccc1Cl)NSc1cccc(Cl)c1Cl. The topological polar surface area (TPSA) is 53.5 Å². The molecule has 0 heterocycles. The number of hydrogen-bond donors (Lipinski definition) is 2. The van der Waals surface area contributed by atoms with Crippen molar-refractivity contribution in [2.24, 2.45) is 5.10 Å². The van der Waals surface area contributed by atoms with Gasteiger partial charge in [0.15, 0.2) is 0 Å². The fraction of sp³-hybridized carbons (Fsp3) is 0. The molecule has 2 amide bonds. The Balaban J connectivity index is 1.86. The van der Waals surface area contributed by atoms with Crippen LogP contribution < -0.4 is 10.1 Å². The summed E-state index contributed by atoms with van der Waals surface area (Å²) in [5.74, 6) is 0. The zero-order valence-corrected chi connectivity index (χ0v) is 14.1. The van der Waals surface area contributed by atoms with Gasteiger partial charge in [-0.25, -0.2) is 10.2 Å². The molecule has 4 nitrogen and oxygen atoms in total. The van der Waals surface area contributed by atoms with Crippen LogP contribution in [0.2, 0.25) is 15.1 Å². The van der Waals surface area contributed by atoms with Crippen LogP contribution in [0.1, 0.15) is 5.56 Å². The number of carbonyl (C=O) groups is 1. The van der Waals surface area contributed by atoms with Crippen LogP contribution >= 0.6 is 46.8 Å². The van der Waals surface area contributed by atoms with Gasteiger partial charge in [-0.1, -0.05) is 59.1 Å². The Kier molecular flexibility index (Phi) is 6.39. The van der Waals surface area contributed by atoms with Crippen LogP contribution in [-0.4, -0.2) is 12.2 Å². The first-order chi connectivity index (χ1) is 10.6. The molecule has 0 aliphatic carbocycles. The molecule has 0 aromatic heterocycles. The Labute approximate surface area is 147 Å². The van der Waals surface area contributed by atoms with Crippen LogP contribution in [0.5, 0.6) is 0 Å². The van der Waals surface area contributed by atoms with Crippen molar-refractivity contribution in [3.8, 4) is 0 Å². The summed E-state index contributed by atoms with van der Waals surface area (Å²) in [5, 5.41) is 5.17. The number of carbonyl (C=O) groups excluding carboxylic acids is 1. The average Bonchev–Trinajstić information content (AvgIpc) is 2.51. The molecule has 0 bridgehead atoms. The molecule has 0 atom stereocenters. The number of hydrazone groups is 1. The van der Waals surface area contributed by atoms with E-state index in [1.165, 1.54) is 6.21 Å². The molecule has 0 saturated carbocycles. The van der Waals surface area contributed by atoms with E-state index in [2.05, 4.69) is 15.2 Å². The highest BCUT2D eigenvalue weighted by molar-refractivity contribution is 7.98. The molecule has 22 heavy (non-hydrogen) atoms. The summed E-state index contributed by atoms with van der Waals surface area (Å²) in [6.45, 7) is 0. The maximum Gasteiger partial charge on any atom is 0.345 e. The largest absolute Gasteiger partial charge is 0.345 e. The van der Waals surface area contributed by atoms with Crippen LogP contribution in [0.15, 0.2) is 52.5 Å². The maximum atomic E-state index is 11.6. The number of benzene rings is 2. The van der Waals surface area contributed by atoms with Crippen molar-refractivity contribution in [3.63, 3.8) is 0 Å². The third-order valence-corrected chi connectivity index (χ3v) is 4.57. The van der Waals surface area contributed by atoms with Gasteiger partial charge in [0.1, 0.15) is 0 Å². The van der Waals surface area contributed by atoms with Gasteiger partial charge in [0.25, 0.3) is 0 Å². The first kappa shape index (κ1) is 17.0. The highest BCUT2D eigenvalue weighted by atomic mass is 35.5. The van der Waals surface area contributed by atoms with E-state index < -0.39 is 6.03 Å². The minimum absolute atomic E-state index is 0.383. The van der Waals surface area contributed by atoms with Gasteiger partial charge in [0.05, 0.1) is 16.3 Å². The van der Waals surface area contributed by atoms with E-state index in [4.69, 9.17) is 34.8 Å². The van der Waals surface area contributed by atoms with Crippen molar-refractivity contribution in [2.45, 2.75) is 4.90 Å². The Morgan fingerprint density at radius 2 is 1.77 bits per heavy atom. The molecule has 2 N–H and O–H groups in total. The summed E-state index contributed by atoms with van der Waals surface area (Å²) >= 11 is 18.9. The van der Waals surface area contributed by atoms with Gasteiger partial charge in [-0.05, 0) is 30.1 Å². The maximum absolute atomic E-state index is 11.6. The molecule has 114 valence electrons. The summed E-state index contributed by atoms with van der Waals surface area (Å²) in [6.07, 6.45) is 1.46. The number of rotatable bonds is 4. The van der Waals surface area contributed by atoms with Gasteiger partial charge in [0, 0.05) is 15.5 Å². The lowest BCUT2D eigenvalue weighted by Crippen LogP contribution is -2.27. The second-order valence-electron chi connectivity index (χ2n) is 3.98. The fourth-order valence-corrected chi connectivity index (χ4v) is 2.68. The lowest BCUT2D eigenvalue weighted by molar-refractivity contribution is 0.247. The van der Waals surface area contributed by atoms with E-state index >= 15 is 0 Å². The molecule has 0 aliphatic rings. The van der Waals surface area contributed by atoms with Crippen LogP contribution in [0.4, 0.5) is 4.79 Å². The molecule has 2 aromatic carbocycles. The van der Waals surface area contributed by atoms with E-state index in [-0.39, 0.29) is 0 Å². The summed E-state index contributed by atoms with van der Waals surface area (Å²) in [4.78, 5) is 12.3. The van der Waals surface area contributed by atoms with Crippen LogP contribution in [0.25, 0.3) is 0 Å². The number of nitrogens with one attached hydrogen (secondary N) is 2. The number of nitrogens with zero attached hydrogens (tertiary/aromatic N) is 1. The van der Waals surface area contributed by atoms with Gasteiger partial charge < -0.3 is 0 Å². The van der Waals surface area contributed by atoms with Gasteiger partial charge in [0.2, 0.25) is 0 Å². The Morgan fingerprint density at radius 3 is 2.55 bits per heavy atom. The average molecular weight is 375 g/mol. The molecule has 0 fully saturated rings. The Morgan fingerprint density at radius 1 is 1.05 bits per heavy atom. The van der Waals surface area contributed by atoms with E-state index in [1.807, 2.05) is 12.1 Å². The van der Waals surface area contributed by atoms with Crippen molar-refractivity contribution in [1.29, 1.82) is 0 Å². The van der Waals surface area contributed by atoms with Crippen molar-refractivity contribution in [2.75, 3.05) is 0 Å². The van der Waals surface area contributed by atoms with Crippen LogP contribution in [-0.2, 0) is 0 Å². The quantitative estimate of drug-likeness (QED) is 0.450. The van der Waals surface area contributed by atoms with Crippen molar-refractivity contribution in [1.82, 2.24) is 10.1 Å². The lowest BCUT2D eigenvalue weighted by Gasteiger charge is -2.06. The summed E-state index contributed by atoms with van der Waals surface area (Å²) in [6, 6.07) is 11.8. The summed E-state index contributed by atoms with van der Waals surface area (Å²) < 4.78 is 2.54. The van der Waals surface area contributed by atoms with E-state index in [0.717, 1.165) is 11.9 Å². The van der Waals surface area contributed by atoms with Crippen molar-refractivity contribution < 1.29 is 4.79 Å². The molecular formula is C14H10Cl3N3OS. The summed E-state index contributed by atoms with van der Waals surface area (Å²) in [5.41, 5.74) is 3.03. The zero-order valence-electron chi connectivity index (χ0n) is 11.0. The van der Waals surface area contributed by atoms with Gasteiger partial charge in [-0.15, -0.1) is 0 Å². The van der Waals surface area contributed by atoms with Crippen molar-refractivity contribution in [3.05, 3.63) is 63.1 Å². The van der Waals surface area contributed by atoms with E-state index in [1.54, 1.807) is 30.3 Å². The molecule has 8 heteroatoms. The van der Waals surface area contributed by atoms with Crippen molar-refractivity contribution >= 4 is 59.0 Å². The minimum Gasteiger partial charge on any atom is -0.276 e.